The smallest absolute Gasteiger partial charge is 0.251 e. The van der Waals surface area contributed by atoms with Crippen molar-refractivity contribution < 1.29 is 4.79 Å². The predicted octanol–water partition coefficient (Wildman–Crippen LogP) is 3.99. The number of hydrogen-bond donors (Lipinski definition) is 0. The van der Waals surface area contributed by atoms with E-state index in [2.05, 4.69) is 11.8 Å². The van der Waals surface area contributed by atoms with Crippen molar-refractivity contribution in [1.82, 2.24) is 4.57 Å². The molecule has 136 valence electrons. The zero-order chi connectivity index (χ0) is 18.7. The summed E-state index contributed by atoms with van der Waals surface area (Å²) in [5.74, 6) is 0.793. The van der Waals surface area contributed by atoms with Crippen LogP contribution >= 0.6 is 0 Å². The monoisotopic (exact) mass is 358 g/mol. The highest BCUT2D eigenvalue weighted by molar-refractivity contribution is 6.28. The number of carbonyl (C=O) groups is 1. The highest BCUT2D eigenvalue weighted by Crippen LogP contribution is 2.42. The molecule has 1 aliphatic heterocycles. The molecular weight excluding hydrogens is 336 g/mol. The number of pyridine rings is 1. The molecule has 0 radical (unpaired) electrons. The fraction of sp³-hybridized carbons (Fsp3) is 0.304. The van der Waals surface area contributed by atoms with Crippen LogP contribution in [0, 0.1) is 5.92 Å². The maximum Gasteiger partial charge on any atom is 0.251 e. The van der Waals surface area contributed by atoms with Crippen molar-refractivity contribution >= 4 is 22.4 Å². The summed E-state index contributed by atoms with van der Waals surface area (Å²) in [6.45, 7) is 4.22. The second-order valence-electron chi connectivity index (χ2n) is 7.85. The number of rotatable bonds is 1. The molecule has 0 amide bonds. The van der Waals surface area contributed by atoms with Gasteiger partial charge in [0.2, 0.25) is 0 Å². The van der Waals surface area contributed by atoms with Crippen molar-refractivity contribution in [3.63, 3.8) is 0 Å². The molecule has 4 heteroatoms. The number of ketones is 1. The Morgan fingerprint density at radius 1 is 0.926 bits per heavy atom. The van der Waals surface area contributed by atoms with Crippen LogP contribution in [-0.4, -0.2) is 23.4 Å². The molecule has 0 bridgehead atoms. The number of fused-ring (bicyclic) bond motifs is 2. The van der Waals surface area contributed by atoms with Gasteiger partial charge in [-0.05, 0) is 42.0 Å². The number of aromatic nitrogens is 1. The molecule has 2 heterocycles. The van der Waals surface area contributed by atoms with Crippen molar-refractivity contribution in [2.24, 2.45) is 13.0 Å². The maximum atomic E-state index is 13.5. The normalized spacial score (nSPS) is 16.7. The summed E-state index contributed by atoms with van der Waals surface area (Å²) < 4.78 is 1.64. The van der Waals surface area contributed by atoms with Gasteiger partial charge in [0, 0.05) is 42.8 Å². The van der Waals surface area contributed by atoms with Gasteiger partial charge in [-0.25, -0.2) is 0 Å². The van der Waals surface area contributed by atoms with Gasteiger partial charge in [-0.1, -0.05) is 31.2 Å². The highest BCUT2D eigenvalue weighted by Gasteiger charge is 2.31. The molecule has 1 aliphatic carbocycles. The molecule has 1 aromatic heterocycles. The van der Waals surface area contributed by atoms with Gasteiger partial charge < -0.3 is 9.47 Å². The fourth-order valence-electron chi connectivity index (χ4n) is 4.55. The molecule has 4 nitrogen and oxygen atoms in total. The standard InChI is InChI=1S/C23H22N2O2/c1-14-9-11-25(12-10-14)19-8-7-18-21-17(13-20(26)24(18)2)15-5-3-4-6-16(15)23(27)22(19)21/h3-8,13-14H,9-12H2,1-2H3. The van der Waals surface area contributed by atoms with Gasteiger partial charge in [0.05, 0.1) is 11.1 Å². The van der Waals surface area contributed by atoms with Crippen LogP contribution in [0.2, 0.25) is 0 Å². The second-order valence-corrected chi connectivity index (χ2v) is 7.85. The summed E-state index contributed by atoms with van der Waals surface area (Å²) in [4.78, 5) is 28.4. The number of piperidine rings is 1. The molecule has 1 saturated heterocycles. The molecule has 3 aromatic rings. The topological polar surface area (TPSA) is 42.3 Å². The van der Waals surface area contributed by atoms with E-state index in [0.29, 0.717) is 5.56 Å². The molecule has 5 rings (SSSR count). The first-order valence-corrected chi connectivity index (χ1v) is 9.62. The van der Waals surface area contributed by atoms with Gasteiger partial charge in [-0.3, -0.25) is 9.59 Å². The lowest BCUT2D eigenvalue weighted by atomic mass is 9.82. The van der Waals surface area contributed by atoms with Crippen molar-refractivity contribution in [2.45, 2.75) is 19.8 Å². The Morgan fingerprint density at radius 2 is 1.63 bits per heavy atom. The molecule has 0 unspecified atom stereocenters. The van der Waals surface area contributed by atoms with E-state index in [-0.39, 0.29) is 11.3 Å². The van der Waals surface area contributed by atoms with Crippen molar-refractivity contribution in [3.05, 3.63) is 63.9 Å². The van der Waals surface area contributed by atoms with Gasteiger partial charge in [-0.2, -0.15) is 0 Å². The molecule has 0 spiro atoms. The molecule has 1 fully saturated rings. The first kappa shape index (κ1) is 16.3. The van der Waals surface area contributed by atoms with Crippen LogP contribution in [0.3, 0.4) is 0 Å². The van der Waals surface area contributed by atoms with Crippen LogP contribution in [0.25, 0.3) is 22.0 Å². The lowest BCUT2D eigenvalue weighted by Gasteiger charge is -2.34. The largest absolute Gasteiger partial charge is 0.371 e. The van der Waals surface area contributed by atoms with Gasteiger partial charge >= 0.3 is 0 Å². The van der Waals surface area contributed by atoms with E-state index in [0.717, 1.165) is 65.1 Å². The Bertz CT molecular complexity index is 1150. The minimum atomic E-state index is -0.0489. The summed E-state index contributed by atoms with van der Waals surface area (Å²) in [6, 6.07) is 13.3. The van der Waals surface area contributed by atoms with Crippen LogP contribution in [0.5, 0.6) is 0 Å². The Labute approximate surface area is 158 Å². The first-order chi connectivity index (χ1) is 13.1. The number of nitrogens with zero attached hydrogens (tertiary/aromatic N) is 2. The number of anilines is 1. The van der Waals surface area contributed by atoms with Gasteiger partial charge in [-0.15, -0.1) is 0 Å². The zero-order valence-corrected chi connectivity index (χ0v) is 15.7. The van der Waals surface area contributed by atoms with Gasteiger partial charge in [0.1, 0.15) is 0 Å². The average molecular weight is 358 g/mol. The first-order valence-electron chi connectivity index (χ1n) is 9.62. The summed E-state index contributed by atoms with van der Waals surface area (Å²) in [7, 11) is 1.78. The molecule has 0 N–H and O–H groups in total. The summed E-state index contributed by atoms with van der Waals surface area (Å²) in [6.07, 6.45) is 2.28. The van der Waals surface area contributed by atoms with E-state index in [4.69, 9.17) is 0 Å². The van der Waals surface area contributed by atoms with Crippen LogP contribution in [-0.2, 0) is 7.05 Å². The third-order valence-electron chi connectivity index (χ3n) is 6.20. The SMILES string of the molecule is CC1CCN(c2ccc3c4c(cc(=O)n3C)-c3ccccc3C(=O)c24)CC1. The zero-order valence-electron chi connectivity index (χ0n) is 15.7. The summed E-state index contributed by atoms with van der Waals surface area (Å²) in [5.41, 5.74) is 4.97. The molecule has 0 atom stereocenters. The quantitative estimate of drug-likeness (QED) is 0.517. The lowest BCUT2D eigenvalue weighted by Crippen LogP contribution is -2.34. The summed E-state index contributed by atoms with van der Waals surface area (Å²) >= 11 is 0. The third-order valence-corrected chi connectivity index (χ3v) is 6.20. The highest BCUT2D eigenvalue weighted by atomic mass is 16.1. The van der Waals surface area contributed by atoms with Crippen molar-refractivity contribution in [1.29, 1.82) is 0 Å². The second kappa shape index (κ2) is 5.81. The van der Waals surface area contributed by atoms with E-state index in [1.807, 2.05) is 36.4 Å². The minimum Gasteiger partial charge on any atom is -0.371 e. The van der Waals surface area contributed by atoms with E-state index < -0.39 is 0 Å². The Balaban J connectivity index is 1.86. The van der Waals surface area contributed by atoms with E-state index in [9.17, 15) is 9.59 Å². The van der Waals surface area contributed by atoms with Crippen molar-refractivity contribution in [2.75, 3.05) is 18.0 Å². The number of aryl methyl sites for hydroxylation is 1. The molecule has 2 aromatic carbocycles. The average Bonchev–Trinajstić information content (AvgIpc) is 2.69. The van der Waals surface area contributed by atoms with E-state index in [1.54, 1.807) is 17.7 Å². The molecule has 0 saturated carbocycles. The van der Waals surface area contributed by atoms with Crippen LogP contribution < -0.4 is 10.5 Å². The van der Waals surface area contributed by atoms with E-state index in [1.165, 1.54) is 0 Å². The minimum absolute atomic E-state index is 0.0489. The molecule has 2 aliphatic rings. The molecular formula is C23H22N2O2. The lowest BCUT2D eigenvalue weighted by molar-refractivity contribution is 0.104. The fourth-order valence-corrected chi connectivity index (χ4v) is 4.55. The van der Waals surface area contributed by atoms with Gasteiger partial charge in [0.15, 0.2) is 5.78 Å². The van der Waals surface area contributed by atoms with Crippen LogP contribution in [0.4, 0.5) is 5.69 Å². The van der Waals surface area contributed by atoms with Crippen LogP contribution in [0.15, 0.2) is 47.3 Å². The number of hydrogen-bond acceptors (Lipinski definition) is 3. The Hall–Kier alpha value is -2.88. The van der Waals surface area contributed by atoms with E-state index >= 15 is 0 Å². The Morgan fingerprint density at radius 3 is 2.37 bits per heavy atom. The third kappa shape index (κ3) is 2.29. The van der Waals surface area contributed by atoms with Crippen LogP contribution in [0.1, 0.15) is 35.7 Å². The number of benzene rings is 2. The predicted molar refractivity (Wildman–Crippen MR) is 109 cm³/mol. The number of carbonyl (C=O) groups excluding carboxylic acids is 1. The van der Waals surface area contributed by atoms with Crippen molar-refractivity contribution in [3.8, 4) is 11.1 Å². The Kier molecular flexibility index (Phi) is 3.51. The van der Waals surface area contributed by atoms with Gasteiger partial charge in [0.25, 0.3) is 5.56 Å². The summed E-state index contributed by atoms with van der Waals surface area (Å²) in [5, 5.41) is 0.914. The molecule has 27 heavy (non-hydrogen) atoms. The maximum absolute atomic E-state index is 13.5.